The number of benzene rings is 1. The highest BCUT2D eigenvalue weighted by atomic mass is 16.5. The molecule has 0 aliphatic rings. The fraction of sp³-hybridized carbons (Fsp3) is 0.500. The molecule has 2 amide bonds. The molecule has 9 nitrogen and oxygen atoms in total. The van der Waals surface area contributed by atoms with Crippen molar-refractivity contribution in [2.75, 3.05) is 34.5 Å². The first-order valence-corrected chi connectivity index (χ1v) is 8.16. The van der Waals surface area contributed by atoms with E-state index in [0.717, 1.165) is 0 Å². The van der Waals surface area contributed by atoms with Crippen LogP contribution in [-0.4, -0.2) is 57.8 Å². The van der Waals surface area contributed by atoms with Crippen molar-refractivity contribution < 1.29 is 33.3 Å². The van der Waals surface area contributed by atoms with Crippen molar-refractivity contribution in [1.82, 2.24) is 10.6 Å². The van der Waals surface area contributed by atoms with Crippen molar-refractivity contribution in [3.05, 3.63) is 17.7 Å². The molecule has 27 heavy (non-hydrogen) atoms. The van der Waals surface area contributed by atoms with Gasteiger partial charge in [0.1, 0.15) is 6.54 Å². The van der Waals surface area contributed by atoms with Gasteiger partial charge in [-0.2, -0.15) is 0 Å². The number of nitrogens with one attached hydrogen (secondary N) is 2. The first kappa shape index (κ1) is 22.1. The number of rotatable bonds is 8. The quantitative estimate of drug-likeness (QED) is 0.643. The molecular formula is C18H26N2O7. The molecule has 0 aliphatic heterocycles. The molecule has 9 heteroatoms. The van der Waals surface area contributed by atoms with Crippen LogP contribution in [0.2, 0.25) is 0 Å². The van der Waals surface area contributed by atoms with E-state index in [4.69, 9.17) is 18.9 Å². The summed E-state index contributed by atoms with van der Waals surface area (Å²) in [7, 11) is 4.31. The third-order valence-corrected chi connectivity index (χ3v) is 3.20. The molecule has 0 spiro atoms. The van der Waals surface area contributed by atoms with Crippen LogP contribution in [0.5, 0.6) is 17.2 Å². The molecule has 2 N–H and O–H groups in total. The standard InChI is InChI=1S/C18H26N2O7/c1-18(2,3)20-14(21)10-27-15(22)9-19-17(23)11-7-12(24-4)16(26-6)13(8-11)25-5/h7-8H,9-10H2,1-6H3,(H,19,23)(H,20,21). The van der Waals surface area contributed by atoms with Crippen molar-refractivity contribution in [2.24, 2.45) is 0 Å². The van der Waals surface area contributed by atoms with Crippen molar-refractivity contribution in [3.63, 3.8) is 0 Å². The lowest BCUT2D eigenvalue weighted by atomic mass is 10.1. The Morgan fingerprint density at radius 3 is 1.96 bits per heavy atom. The van der Waals surface area contributed by atoms with E-state index >= 15 is 0 Å². The summed E-state index contributed by atoms with van der Waals surface area (Å²) in [6.45, 7) is 4.62. The summed E-state index contributed by atoms with van der Waals surface area (Å²) in [6.07, 6.45) is 0. The predicted molar refractivity (Wildman–Crippen MR) is 97.3 cm³/mol. The summed E-state index contributed by atoms with van der Waals surface area (Å²) < 4.78 is 20.4. The molecule has 0 saturated carbocycles. The number of ether oxygens (including phenoxy) is 4. The highest BCUT2D eigenvalue weighted by molar-refractivity contribution is 5.97. The number of hydrogen-bond acceptors (Lipinski definition) is 7. The zero-order valence-corrected chi connectivity index (χ0v) is 16.4. The molecule has 0 aromatic heterocycles. The highest BCUT2D eigenvalue weighted by Crippen LogP contribution is 2.38. The fourth-order valence-corrected chi connectivity index (χ4v) is 2.12. The molecule has 0 saturated heterocycles. The molecule has 0 fully saturated rings. The molecule has 0 atom stereocenters. The van der Waals surface area contributed by atoms with Gasteiger partial charge in [-0.15, -0.1) is 0 Å². The Morgan fingerprint density at radius 1 is 0.963 bits per heavy atom. The number of hydrogen-bond donors (Lipinski definition) is 2. The molecule has 0 heterocycles. The maximum atomic E-state index is 12.3. The second kappa shape index (κ2) is 9.65. The average molecular weight is 382 g/mol. The lowest BCUT2D eigenvalue weighted by molar-refractivity contribution is -0.147. The van der Waals surface area contributed by atoms with E-state index in [-0.39, 0.29) is 5.56 Å². The molecule has 150 valence electrons. The van der Waals surface area contributed by atoms with Crippen LogP contribution in [-0.2, 0) is 14.3 Å². The Bertz CT molecular complexity index is 670. The smallest absolute Gasteiger partial charge is 0.325 e. The second-order valence-electron chi connectivity index (χ2n) is 6.56. The van der Waals surface area contributed by atoms with Crippen LogP contribution in [0.4, 0.5) is 0 Å². The van der Waals surface area contributed by atoms with Crippen molar-refractivity contribution in [2.45, 2.75) is 26.3 Å². The van der Waals surface area contributed by atoms with Gasteiger partial charge in [-0.3, -0.25) is 14.4 Å². The summed E-state index contributed by atoms with van der Waals surface area (Å²) in [5.74, 6) is -0.732. The minimum Gasteiger partial charge on any atom is -0.493 e. The minimum absolute atomic E-state index is 0.211. The Labute approximate surface area is 158 Å². The Morgan fingerprint density at radius 2 is 1.52 bits per heavy atom. The normalized spacial score (nSPS) is 10.6. The van der Waals surface area contributed by atoms with Gasteiger partial charge in [0.15, 0.2) is 18.1 Å². The van der Waals surface area contributed by atoms with Gasteiger partial charge in [-0.1, -0.05) is 0 Å². The van der Waals surface area contributed by atoms with E-state index in [0.29, 0.717) is 17.2 Å². The van der Waals surface area contributed by atoms with E-state index in [2.05, 4.69) is 10.6 Å². The fourth-order valence-electron chi connectivity index (χ4n) is 2.12. The molecule has 1 aromatic carbocycles. The first-order chi connectivity index (χ1) is 12.6. The summed E-state index contributed by atoms with van der Waals surface area (Å²) in [6, 6.07) is 2.91. The van der Waals surface area contributed by atoms with E-state index in [1.54, 1.807) is 0 Å². The number of esters is 1. The molecular weight excluding hydrogens is 356 g/mol. The van der Waals surface area contributed by atoms with Crippen LogP contribution < -0.4 is 24.8 Å². The summed E-state index contributed by atoms with van der Waals surface area (Å²) in [4.78, 5) is 35.6. The van der Waals surface area contributed by atoms with Gasteiger partial charge in [-0.05, 0) is 32.9 Å². The predicted octanol–water partition coefficient (Wildman–Crippen LogP) is 0.900. The second-order valence-corrected chi connectivity index (χ2v) is 6.56. The molecule has 1 aromatic rings. The average Bonchev–Trinajstić information content (AvgIpc) is 2.61. The van der Waals surface area contributed by atoms with Gasteiger partial charge in [0.25, 0.3) is 11.8 Å². The van der Waals surface area contributed by atoms with Crippen molar-refractivity contribution in [1.29, 1.82) is 0 Å². The number of amides is 2. The van der Waals surface area contributed by atoms with Crippen LogP contribution in [0.15, 0.2) is 12.1 Å². The lowest BCUT2D eigenvalue weighted by Crippen LogP contribution is -2.43. The van der Waals surface area contributed by atoms with Crippen LogP contribution in [0.25, 0.3) is 0 Å². The van der Waals surface area contributed by atoms with Crippen LogP contribution in [0, 0.1) is 0 Å². The van der Waals surface area contributed by atoms with Crippen LogP contribution in [0.3, 0.4) is 0 Å². The van der Waals surface area contributed by atoms with Gasteiger partial charge in [0, 0.05) is 11.1 Å². The van der Waals surface area contributed by atoms with Gasteiger partial charge in [0.05, 0.1) is 21.3 Å². The third kappa shape index (κ3) is 7.04. The molecule has 1 rings (SSSR count). The van der Waals surface area contributed by atoms with Crippen molar-refractivity contribution in [3.8, 4) is 17.2 Å². The molecule has 0 bridgehead atoms. The third-order valence-electron chi connectivity index (χ3n) is 3.20. The molecule has 0 unspecified atom stereocenters. The minimum atomic E-state index is -0.736. The molecule has 0 radical (unpaired) electrons. The molecule has 0 aliphatic carbocycles. The zero-order chi connectivity index (χ0) is 20.6. The van der Waals surface area contributed by atoms with E-state index in [1.807, 2.05) is 20.8 Å². The van der Waals surface area contributed by atoms with Gasteiger partial charge in [-0.25, -0.2) is 0 Å². The number of carbonyl (C=O) groups is 3. The van der Waals surface area contributed by atoms with E-state index in [1.165, 1.54) is 33.5 Å². The maximum Gasteiger partial charge on any atom is 0.325 e. The number of methoxy groups -OCH3 is 3. The Balaban J connectivity index is 2.64. The summed E-state index contributed by atoms with van der Waals surface area (Å²) >= 11 is 0. The van der Waals surface area contributed by atoms with E-state index in [9.17, 15) is 14.4 Å². The van der Waals surface area contributed by atoms with E-state index < -0.39 is 36.5 Å². The van der Waals surface area contributed by atoms with Gasteiger partial charge >= 0.3 is 5.97 Å². The van der Waals surface area contributed by atoms with Gasteiger partial charge in [0.2, 0.25) is 5.75 Å². The Kier molecular flexibility index (Phi) is 7.89. The lowest BCUT2D eigenvalue weighted by Gasteiger charge is -2.20. The number of carbonyl (C=O) groups excluding carboxylic acids is 3. The monoisotopic (exact) mass is 382 g/mol. The highest BCUT2D eigenvalue weighted by Gasteiger charge is 2.18. The SMILES string of the molecule is COc1cc(C(=O)NCC(=O)OCC(=O)NC(C)(C)C)cc(OC)c1OC. The topological polar surface area (TPSA) is 112 Å². The van der Waals surface area contributed by atoms with Gasteiger partial charge < -0.3 is 29.6 Å². The van der Waals surface area contributed by atoms with Crippen molar-refractivity contribution >= 4 is 17.8 Å². The first-order valence-electron chi connectivity index (χ1n) is 8.16. The summed E-state index contributed by atoms with van der Waals surface area (Å²) in [5, 5.41) is 5.07. The van der Waals surface area contributed by atoms with Crippen LogP contribution >= 0.6 is 0 Å². The summed E-state index contributed by atoms with van der Waals surface area (Å²) in [5.41, 5.74) is -0.216. The largest absolute Gasteiger partial charge is 0.493 e. The zero-order valence-electron chi connectivity index (χ0n) is 16.4. The Hall–Kier alpha value is -2.97. The van der Waals surface area contributed by atoms with Crippen LogP contribution in [0.1, 0.15) is 31.1 Å². The maximum absolute atomic E-state index is 12.3.